The Kier molecular flexibility index (Phi) is 4.64. The Labute approximate surface area is 102 Å². The van der Waals surface area contributed by atoms with Crippen molar-refractivity contribution in [2.45, 2.75) is 25.9 Å². The lowest BCUT2D eigenvalue weighted by molar-refractivity contribution is -0.130. The standard InChI is InChI=1S/C11H22N2O2S/c1-10(4-5-12-6-10)9(14)13-7-11(2,15)8-16-3/h12,15H,4-8H2,1-3H3,(H,13,14). The van der Waals surface area contributed by atoms with E-state index in [4.69, 9.17) is 0 Å². The van der Waals surface area contributed by atoms with Gasteiger partial charge in [0.2, 0.25) is 5.91 Å². The third-order valence-corrected chi connectivity index (χ3v) is 3.91. The summed E-state index contributed by atoms with van der Waals surface area (Å²) in [5.41, 5.74) is -1.13. The molecule has 1 aliphatic heterocycles. The second kappa shape index (κ2) is 5.38. The van der Waals surface area contributed by atoms with Crippen molar-refractivity contribution in [2.75, 3.05) is 31.6 Å². The van der Waals surface area contributed by atoms with Gasteiger partial charge < -0.3 is 15.7 Å². The average Bonchev–Trinajstić information content (AvgIpc) is 2.63. The van der Waals surface area contributed by atoms with Gasteiger partial charge in [-0.3, -0.25) is 4.79 Å². The smallest absolute Gasteiger partial charge is 0.227 e. The van der Waals surface area contributed by atoms with Crippen LogP contribution < -0.4 is 10.6 Å². The predicted molar refractivity (Wildman–Crippen MR) is 67.6 cm³/mol. The lowest BCUT2D eigenvalue weighted by Gasteiger charge is -2.27. The van der Waals surface area contributed by atoms with E-state index in [1.807, 2.05) is 13.2 Å². The molecule has 0 saturated carbocycles. The summed E-state index contributed by atoms with van der Waals surface area (Å²) in [6.45, 7) is 5.65. The maximum atomic E-state index is 11.9. The summed E-state index contributed by atoms with van der Waals surface area (Å²) in [6, 6.07) is 0. The Bertz CT molecular complexity index is 250. The minimum absolute atomic E-state index is 0.0406. The largest absolute Gasteiger partial charge is 0.387 e. The monoisotopic (exact) mass is 246 g/mol. The van der Waals surface area contributed by atoms with Crippen LogP contribution in [0.15, 0.2) is 0 Å². The molecule has 0 bridgehead atoms. The maximum absolute atomic E-state index is 11.9. The van der Waals surface area contributed by atoms with Gasteiger partial charge in [0.1, 0.15) is 0 Å². The molecule has 2 atom stereocenters. The van der Waals surface area contributed by atoms with E-state index in [1.54, 1.807) is 18.7 Å². The molecule has 4 nitrogen and oxygen atoms in total. The SMILES string of the molecule is CSCC(C)(O)CNC(=O)C1(C)CCNC1. The highest BCUT2D eigenvalue weighted by atomic mass is 32.2. The summed E-state index contributed by atoms with van der Waals surface area (Å²) in [4.78, 5) is 11.9. The van der Waals surface area contributed by atoms with Gasteiger partial charge in [0.05, 0.1) is 11.0 Å². The number of nitrogens with one attached hydrogen (secondary N) is 2. The van der Waals surface area contributed by atoms with E-state index >= 15 is 0 Å². The van der Waals surface area contributed by atoms with Crippen molar-refractivity contribution in [3.8, 4) is 0 Å². The van der Waals surface area contributed by atoms with Crippen LogP contribution in [0, 0.1) is 5.41 Å². The molecule has 0 aliphatic carbocycles. The molecule has 1 rings (SSSR count). The number of hydrogen-bond acceptors (Lipinski definition) is 4. The number of carbonyl (C=O) groups excluding carboxylic acids is 1. The quantitative estimate of drug-likeness (QED) is 0.649. The van der Waals surface area contributed by atoms with Gasteiger partial charge >= 0.3 is 0 Å². The highest BCUT2D eigenvalue weighted by Gasteiger charge is 2.36. The summed E-state index contributed by atoms with van der Waals surface area (Å²) in [5.74, 6) is 0.668. The van der Waals surface area contributed by atoms with Crippen LogP contribution in [-0.2, 0) is 4.79 Å². The van der Waals surface area contributed by atoms with Gasteiger partial charge in [0, 0.05) is 18.8 Å². The fourth-order valence-electron chi connectivity index (χ4n) is 1.86. The van der Waals surface area contributed by atoms with E-state index in [1.165, 1.54) is 0 Å². The molecule has 1 aliphatic rings. The summed E-state index contributed by atoms with van der Waals surface area (Å²) in [6.07, 6.45) is 2.81. The first-order chi connectivity index (χ1) is 7.40. The van der Waals surface area contributed by atoms with E-state index in [9.17, 15) is 9.90 Å². The van der Waals surface area contributed by atoms with Gasteiger partial charge in [0.15, 0.2) is 0 Å². The summed E-state index contributed by atoms with van der Waals surface area (Å²) in [7, 11) is 0. The molecule has 1 saturated heterocycles. The molecule has 3 N–H and O–H groups in total. The lowest BCUT2D eigenvalue weighted by Crippen LogP contribution is -2.48. The van der Waals surface area contributed by atoms with Crippen molar-refractivity contribution in [1.29, 1.82) is 0 Å². The molecule has 0 spiro atoms. The second-order valence-corrected chi connectivity index (χ2v) is 5.97. The van der Waals surface area contributed by atoms with Crippen molar-refractivity contribution in [1.82, 2.24) is 10.6 Å². The molecule has 1 heterocycles. The summed E-state index contributed by atoms with van der Waals surface area (Å²) >= 11 is 1.58. The molecule has 1 amide bonds. The number of aliphatic hydroxyl groups is 1. The predicted octanol–water partition coefficient (Wildman–Crippen LogP) is 0.216. The highest BCUT2D eigenvalue weighted by molar-refractivity contribution is 7.98. The molecule has 0 aromatic heterocycles. The van der Waals surface area contributed by atoms with E-state index in [0.29, 0.717) is 12.3 Å². The fourth-order valence-corrected chi connectivity index (χ4v) is 2.58. The van der Waals surface area contributed by atoms with Crippen molar-refractivity contribution in [2.24, 2.45) is 5.41 Å². The Morgan fingerprint density at radius 2 is 2.38 bits per heavy atom. The molecule has 0 aromatic carbocycles. The minimum Gasteiger partial charge on any atom is -0.387 e. The Morgan fingerprint density at radius 3 is 2.88 bits per heavy atom. The van der Waals surface area contributed by atoms with Crippen LogP contribution in [0.5, 0.6) is 0 Å². The second-order valence-electron chi connectivity index (χ2n) is 5.10. The Balaban J connectivity index is 2.40. The van der Waals surface area contributed by atoms with Crippen LogP contribution >= 0.6 is 11.8 Å². The minimum atomic E-state index is -0.822. The molecule has 16 heavy (non-hydrogen) atoms. The number of hydrogen-bond donors (Lipinski definition) is 3. The number of carbonyl (C=O) groups is 1. The first kappa shape index (κ1) is 13.8. The molecular weight excluding hydrogens is 224 g/mol. The van der Waals surface area contributed by atoms with Crippen LogP contribution in [0.25, 0.3) is 0 Å². The molecule has 0 aromatic rings. The molecule has 0 radical (unpaired) electrons. The Morgan fingerprint density at radius 1 is 1.69 bits per heavy atom. The fraction of sp³-hybridized carbons (Fsp3) is 0.909. The lowest BCUT2D eigenvalue weighted by atomic mass is 9.88. The van der Waals surface area contributed by atoms with Crippen molar-refractivity contribution in [3.05, 3.63) is 0 Å². The zero-order chi connectivity index (χ0) is 12.2. The van der Waals surface area contributed by atoms with Crippen LogP contribution in [-0.4, -0.2) is 48.3 Å². The molecule has 5 heteroatoms. The number of thioether (sulfide) groups is 1. The summed E-state index contributed by atoms with van der Waals surface area (Å²) in [5, 5.41) is 16.0. The van der Waals surface area contributed by atoms with Gasteiger partial charge in [-0.25, -0.2) is 0 Å². The van der Waals surface area contributed by atoms with E-state index in [-0.39, 0.29) is 11.3 Å². The molecule has 1 fully saturated rings. The zero-order valence-corrected chi connectivity index (χ0v) is 11.1. The van der Waals surface area contributed by atoms with Gasteiger partial charge in [-0.05, 0) is 33.1 Å². The zero-order valence-electron chi connectivity index (χ0n) is 10.3. The maximum Gasteiger partial charge on any atom is 0.227 e. The first-order valence-electron chi connectivity index (χ1n) is 5.60. The normalized spacial score (nSPS) is 28.8. The topological polar surface area (TPSA) is 61.4 Å². The van der Waals surface area contributed by atoms with Gasteiger partial charge in [-0.15, -0.1) is 0 Å². The van der Waals surface area contributed by atoms with E-state index in [2.05, 4.69) is 10.6 Å². The van der Waals surface area contributed by atoms with Crippen molar-refractivity contribution >= 4 is 17.7 Å². The van der Waals surface area contributed by atoms with Crippen molar-refractivity contribution < 1.29 is 9.90 Å². The van der Waals surface area contributed by atoms with Crippen molar-refractivity contribution in [3.63, 3.8) is 0 Å². The molecule has 94 valence electrons. The van der Waals surface area contributed by atoms with Crippen LogP contribution in [0.4, 0.5) is 0 Å². The third kappa shape index (κ3) is 3.64. The van der Waals surface area contributed by atoms with Crippen LogP contribution in [0.1, 0.15) is 20.3 Å². The Hall–Kier alpha value is -0.260. The highest BCUT2D eigenvalue weighted by Crippen LogP contribution is 2.24. The first-order valence-corrected chi connectivity index (χ1v) is 6.99. The molecule has 2 unspecified atom stereocenters. The molecular formula is C11H22N2O2S. The van der Waals surface area contributed by atoms with Gasteiger partial charge in [-0.2, -0.15) is 11.8 Å². The van der Waals surface area contributed by atoms with Gasteiger partial charge in [0.25, 0.3) is 0 Å². The average molecular weight is 246 g/mol. The number of amides is 1. The summed E-state index contributed by atoms with van der Waals surface area (Å²) < 4.78 is 0. The number of rotatable bonds is 5. The van der Waals surface area contributed by atoms with Gasteiger partial charge in [-0.1, -0.05) is 0 Å². The van der Waals surface area contributed by atoms with Crippen LogP contribution in [0.3, 0.4) is 0 Å². The van der Waals surface area contributed by atoms with E-state index in [0.717, 1.165) is 19.5 Å². The van der Waals surface area contributed by atoms with E-state index < -0.39 is 5.60 Å². The van der Waals surface area contributed by atoms with Crippen LogP contribution in [0.2, 0.25) is 0 Å². The third-order valence-electron chi connectivity index (χ3n) is 3.00.